The van der Waals surface area contributed by atoms with Crippen LogP contribution < -0.4 is 5.73 Å². The van der Waals surface area contributed by atoms with Crippen LogP contribution in [0.2, 0.25) is 5.02 Å². The molecule has 0 saturated carbocycles. The Hall–Kier alpha value is -1.06. The molecule has 0 aliphatic heterocycles. The third kappa shape index (κ3) is 2.20. The molecule has 1 aromatic rings. The van der Waals surface area contributed by atoms with E-state index in [9.17, 15) is 4.79 Å². The van der Waals surface area contributed by atoms with E-state index in [1.165, 1.54) is 0 Å². The van der Waals surface area contributed by atoms with Crippen molar-refractivity contribution < 1.29 is 9.90 Å². The summed E-state index contributed by atoms with van der Waals surface area (Å²) in [6, 6.07) is 6.82. The number of rotatable bonds is 3. The predicted molar refractivity (Wildman–Crippen MR) is 50.9 cm³/mol. The Balaban J connectivity index is 3.04. The zero-order valence-corrected chi connectivity index (χ0v) is 7.66. The maximum Gasteiger partial charge on any atom is 0.312 e. The first-order valence-electron chi connectivity index (χ1n) is 3.84. The molecular weight excluding hydrogens is 190 g/mol. The van der Waals surface area contributed by atoms with Crippen molar-refractivity contribution in [1.82, 2.24) is 0 Å². The van der Waals surface area contributed by atoms with Gasteiger partial charge in [-0.1, -0.05) is 29.8 Å². The van der Waals surface area contributed by atoms with E-state index in [-0.39, 0.29) is 6.54 Å². The molecule has 0 radical (unpaired) electrons. The molecule has 3 nitrogen and oxygen atoms in total. The first kappa shape index (κ1) is 10.0. The van der Waals surface area contributed by atoms with Crippen molar-refractivity contribution in [3.05, 3.63) is 34.9 Å². The topological polar surface area (TPSA) is 63.3 Å². The number of carbonyl (C=O) groups is 1. The fourth-order valence-electron chi connectivity index (χ4n) is 1.12. The van der Waals surface area contributed by atoms with Gasteiger partial charge in [-0.15, -0.1) is 0 Å². The van der Waals surface area contributed by atoms with E-state index in [1.54, 1.807) is 24.3 Å². The zero-order chi connectivity index (χ0) is 9.84. The number of carboxylic acids is 1. The highest BCUT2D eigenvalue weighted by Crippen LogP contribution is 2.23. The van der Waals surface area contributed by atoms with Crippen LogP contribution >= 0.6 is 11.6 Å². The highest BCUT2D eigenvalue weighted by atomic mass is 35.5. The molecule has 0 aromatic heterocycles. The van der Waals surface area contributed by atoms with Crippen LogP contribution in [0.5, 0.6) is 0 Å². The van der Waals surface area contributed by atoms with Gasteiger partial charge in [0.05, 0.1) is 5.92 Å². The monoisotopic (exact) mass is 199 g/mol. The summed E-state index contributed by atoms with van der Waals surface area (Å²) in [6.07, 6.45) is 0. The maximum absolute atomic E-state index is 10.7. The van der Waals surface area contributed by atoms with Gasteiger partial charge in [0.2, 0.25) is 0 Å². The minimum atomic E-state index is -0.949. The van der Waals surface area contributed by atoms with E-state index in [2.05, 4.69) is 0 Å². The van der Waals surface area contributed by atoms with E-state index in [1.807, 2.05) is 0 Å². The summed E-state index contributed by atoms with van der Waals surface area (Å²) in [6.45, 7) is 0.0546. The summed E-state index contributed by atoms with van der Waals surface area (Å²) in [5.74, 6) is -1.66. The summed E-state index contributed by atoms with van der Waals surface area (Å²) in [5.41, 5.74) is 5.90. The van der Waals surface area contributed by atoms with Crippen LogP contribution in [0.1, 0.15) is 11.5 Å². The Morgan fingerprint density at radius 1 is 1.54 bits per heavy atom. The van der Waals surface area contributed by atoms with Gasteiger partial charge in [-0.3, -0.25) is 4.79 Å². The van der Waals surface area contributed by atoms with Gasteiger partial charge in [0.25, 0.3) is 0 Å². The maximum atomic E-state index is 10.7. The van der Waals surface area contributed by atoms with E-state index in [0.29, 0.717) is 10.6 Å². The lowest BCUT2D eigenvalue weighted by Gasteiger charge is -2.10. The lowest BCUT2D eigenvalue weighted by atomic mass is 10.00. The molecule has 0 heterocycles. The van der Waals surface area contributed by atoms with Gasteiger partial charge in [-0.25, -0.2) is 0 Å². The van der Waals surface area contributed by atoms with Crippen LogP contribution in [0.3, 0.4) is 0 Å². The second kappa shape index (κ2) is 4.25. The molecule has 0 aliphatic carbocycles. The standard InChI is InChI=1S/C9H10ClNO2/c10-8-4-2-1-3-6(8)7(5-11)9(12)13/h1-4,7H,5,11H2,(H,12,13). The smallest absolute Gasteiger partial charge is 0.312 e. The van der Waals surface area contributed by atoms with E-state index in [4.69, 9.17) is 22.4 Å². The van der Waals surface area contributed by atoms with Crippen LogP contribution in [0.25, 0.3) is 0 Å². The van der Waals surface area contributed by atoms with Crippen LogP contribution in [-0.2, 0) is 4.79 Å². The van der Waals surface area contributed by atoms with Gasteiger partial charge in [-0.05, 0) is 11.6 Å². The molecule has 1 aromatic carbocycles. The van der Waals surface area contributed by atoms with Gasteiger partial charge < -0.3 is 10.8 Å². The lowest BCUT2D eigenvalue weighted by Crippen LogP contribution is -2.21. The van der Waals surface area contributed by atoms with E-state index in [0.717, 1.165) is 0 Å². The number of hydrogen-bond acceptors (Lipinski definition) is 2. The largest absolute Gasteiger partial charge is 0.481 e. The first-order chi connectivity index (χ1) is 6.16. The number of aliphatic carboxylic acids is 1. The van der Waals surface area contributed by atoms with E-state index >= 15 is 0 Å². The second-order valence-electron chi connectivity index (χ2n) is 2.65. The predicted octanol–water partition coefficient (Wildman–Crippen LogP) is 1.47. The quantitative estimate of drug-likeness (QED) is 0.775. The third-order valence-corrected chi connectivity index (χ3v) is 2.16. The molecule has 13 heavy (non-hydrogen) atoms. The number of nitrogens with two attached hydrogens (primary N) is 1. The van der Waals surface area contributed by atoms with Crippen molar-refractivity contribution in [3.63, 3.8) is 0 Å². The summed E-state index contributed by atoms with van der Waals surface area (Å²) < 4.78 is 0. The number of benzene rings is 1. The molecule has 0 spiro atoms. The van der Waals surface area contributed by atoms with Crippen molar-refractivity contribution in [3.8, 4) is 0 Å². The highest BCUT2D eigenvalue weighted by molar-refractivity contribution is 6.31. The van der Waals surface area contributed by atoms with Crippen molar-refractivity contribution >= 4 is 17.6 Å². The Morgan fingerprint density at radius 3 is 2.62 bits per heavy atom. The summed E-state index contributed by atoms with van der Waals surface area (Å²) in [7, 11) is 0. The molecule has 0 fully saturated rings. The van der Waals surface area contributed by atoms with Gasteiger partial charge in [0, 0.05) is 11.6 Å². The fraction of sp³-hybridized carbons (Fsp3) is 0.222. The molecule has 1 rings (SSSR count). The highest BCUT2D eigenvalue weighted by Gasteiger charge is 2.19. The van der Waals surface area contributed by atoms with Crippen LogP contribution in [0.4, 0.5) is 0 Å². The van der Waals surface area contributed by atoms with Crippen molar-refractivity contribution in [2.75, 3.05) is 6.54 Å². The Bertz CT molecular complexity index is 314. The number of carboxylic acid groups (broad SMARTS) is 1. The van der Waals surface area contributed by atoms with Gasteiger partial charge in [0.15, 0.2) is 0 Å². The normalized spacial score (nSPS) is 12.5. The number of halogens is 1. The summed E-state index contributed by atoms with van der Waals surface area (Å²) in [4.78, 5) is 10.7. The molecule has 1 atom stereocenters. The summed E-state index contributed by atoms with van der Waals surface area (Å²) >= 11 is 5.82. The van der Waals surface area contributed by atoms with Crippen molar-refractivity contribution in [2.45, 2.75) is 5.92 Å². The van der Waals surface area contributed by atoms with Gasteiger partial charge >= 0.3 is 5.97 Å². The molecule has 0 amide bonds. The average Bonchev–Trinajstić information content (AvgIpc) is 2.09. The van der Waals surface area contributed by atoms with Crippen molar-refractivity contribution in [2.24, 2.45) is 5.73 Å². The summed E-state index contributed by atoms with van der Waals surface area (Å²) in [5, 5.41) is 9.26. The van der Waals surface area contributed by atoms with E-state index < -0.39 is 11.9 Å². The molecule has 0 aliphatic rings. The van der Waals surface area contributed by atoms with Crippen LogP contribution in [0, 0.1) is 0 Å². The van der Waals surface area contributed by atoms with Crippen molar-refractivity contribution in [1.29, 1.82) is 0 Å². The van der Waals surface area contributed by atoms with Crippen LogP contribution in [-0.4, -0.2) is 17.6 Å². The molecule has 0 saturated heterocycles. The second-order valence-corrected chi connectivity index (χ2v) is 3.06. The SMILES string of the molecule is NCC(C(=O)O)c1ccccc1Cl. The molecule has 70 valence electrons. The Labute approximate surface area is 81.1 Å². The average molecular weight is 200 g/mol. The molecule has 0 bridgehead atoms. The molecule has 3 N–H and O–H groups in total. The number of hydrogen-bond donors (Lipinski definition) is 2. The van der Waals surface area contributed by atoms with Gasteiger partial charge in [0.1, 0.15) is 0 Å². The molecule has 4 heteroatoms. The zero-order valence-electron chi connectivity index (χ0n) is 6.90. The third-order valence-electron chi connectivity index (χ3n) is 1.81. The minimum absolute atomic E-state index is 0.0546. The fourth-order valence-corrected chi connectivity index (χ4v) is 1.39. The first-order valence-corrected chi connectivity index (χ1v) is 4.22. The minimum Gasteiger partial charge on any atom is -0.481 e. The Morgan fingerprint density at radius 2 is 2.15 bits per heavy atom. The van der Waals surface area contributed by atoms with Crippen LogP contribution in [0.15, 0.2) is 24.3 Å². The molecular formula is C9H10ClNO2. The lowest BCUT2D eigenvalue weighted by molar-refractivity contribution is -0.138. The Kier molecular flexibility index (Phi) is 3.28. The van der Waals surface area contributed by atoms with Gasteiger partial charge in [-0.2, -0.15) is 0 Å². The molecule has 1 unspecified atom stereocenters.